The van der Waals surface area contributed by atoms with E-state index in [0.29, 0.717) is 5.56 Å². The van der Waals surface area contributed by atoms with E-state index < -0.39 is 12.0 Å². The maximum Gasteiger partial charge on any atom is 0.325 e. The number of aliphatic carboxylic acids is 1. The zero-order chi connectivity index (χ0) is 10.2. The summed E-state index contributed by atoms with van der Waals surface area (Å²) in [5, 5.41) is 8.75. The molecule has 1 atom stereocenters. The van der Waals surface area contributed by atoms with Gasteiger partial charge in [-0.05, 0) is 26.3 Å². The minimum Gasteiger partial charge on any atom is -0.480 e. The van der Waals surface area contributed by atoms with Crippen LogP contribution in [0.15, 0.2) is 0 Å². The number of hydrogen-bond donors (Lipinski definition) is 3. The zero-order valence-corrected chi connectivity index (χ0v) is 8.01. The van der Waals surface area contributed by atoms with Gasteiger partial charge in [0.05, 0.1) is 0 Å². The lowest BCUT2D eigenvalue weighted by molar-refractivity contribution is -0.138. The molecule has 1 unspecified atom stereocenters. The van der Waals surface area contributed by atoms with Crippen LogP contribution in [0.1, 0.15) is 28.6 Å². The molecule has 0 saturated carbocycles. The largest absolute Gasteiger partial charge is 0.480 e. The fourth-order valence-corrected chi connectivity index (χ4v) is 1.52. The number of aromatic nitrogens is 1. The fourth-order valence-electron chi connectivity index (χ4n) is 1.52. The fraction of sp³-hybridized carbons (Fsp3) is 0.444. The first-order valence-electron chi connectivity index (χ1n) is 4.09. The van der Waals surface area contributed by atoms with Gasteiger partial charge in [0.1, 0.15) is 6.04 Å². The van der Waals surface area contributed by atoms with Gasteiger partial charge in [0.25, 0.3) is 0 Å². The summed E-state index contributed by atoms with van der Waals surface area (Å²) in [6.45, 7) is 5.61. The van der Waals surface area contributed by atoms with Gasteiger partial charge in [-0.1, -0.05) is 0 Å². The molecule has 72 valence electrons. The number of nitrogens with one attached hydrogen (secondary N) is 1. The van der Waals surface area contributed by atoms with E-state index in [2.05, 4.69) is 4.98 Å². The van der Waals surface area contributed by atoms with E-state index in [1.165, 1.54) is 0 Å². The second kappa shape index (κ2) is 3.22. The second-order valence-corrected chi connectivity index (χ2v) is 3.23. The normalized spacial score (nSPS) is 12.9. The number of carboxylic acids is 1. The Bertz CT molecular complexity index is 342. The zero-order valence-electron chi connectivity index (χ0n) is 8.01. The Morgan fingerprint density at radius 3 is 2.23 bits per heavy atom. The molecule has 4 heteroatoms. The first kappa shape index (κ1) is 9.80. The average Bonchev–Trinajstić information content (AvgIpc) is 2.26. The van der Waals surface area contributed by atoms with Crippen molar-refractivity contribution in [3.05, 3.63) is 22.5 Å². The van der Waals surface area contributed by atoms with Gasteiger partial charge >= 0.3 is 5.97 Å². The first-order valence-corrected chi connectivity index (χ1v) is 4.09. The lowest BCUT2D eigenvalue weighted by atomic mass is 10.0. The quantitative estimate of drug-likeness (QED) is 0.639. The third-order valence-electron chi connectivity index (χ3n) is 2.32. The highest BCUT2D eigenvalue weighted by atomic mass is 16.4. The molecule has 1 aromatic heterocycles. The van der Waals surface area contributed by atoms with E-state index >= 15 is 0 Å². The molecule has 0 fully saturated rings. The van der Waals surface area contributed by atoms with Gasteiger partial charge in [-0.3, -0.25) is 4.79 Å². The summed E-state index contributed by atoms with van der Waals surface area (Å²) in [5.74, 6) is -0.995. The Balaban J connectivity index is 3.20. The maximum atomic E-state index is 10.7. The van der Waals surface area contributed by atoms with Crippen LogP contribution in [-0.2, 0) is 4.79 Å². The topological polar surface area (TPSA) is 79.1 Å². The summed E-state index contributed by atoms with van der Waals surface area (Å²) in [4.78, 5) is 13.7. The Labute approximate surface area is 76.8 Å². The number of carbonyl (C=O) groups is 1. The molecule has 1 rings (SSSR count). The summed E-state index contributed by atoms with van der Waals surface area (Å²) < 4.78 is 0. The molecule has 0 amide bonds. The van der Waals surface area contributed by atoms with Crippen molar-refractivity contribution in [2.75, 3.05) is 0 Å². The van der Waals surface area contributed by atoms with Crippen molar-refractivity contribution < 1.29 is 9.90 Å². The Morgan fingerprint density at radius 2 is 1.92 bits per heavy atom. The van der Waals surface area contributed by atoms with E-state index in [0.717, 1.165) is 17.0 Å². The van der Waals surface area contributed by atoms with Crippen LogP contribution in [-0.4, -0.2) is 16.1 Å². The molecular formula is C9H14N2O2. The molecule has 1 heterocycles. The van der Waals surface area contributed by atoms with Gasteiger partial charge in [0.15, 0.2) is 0 Å². The van der Waals surface area contributed by atoms with Crippen LogP contribution in [0.4, 0.5) is 0 Å². The molecule has 1 aromatic rings. The van der Waals surface area contributed by atoms with Crippen LogP contribution in [0, 0.1) is 20.8 Å². The molecule has 0 saturated heterocycles. The Morgan fingerprint density at radius 1 is 1.38 bits per heavy atom. The molecule has 0 bridgehead atoms. The average molecular weight is 182 g/mol. The van der Waals surface area contributed by atoms with Gasteiger partial charge in [0.2, 0.25) is 0 Å². The molecule has 0 radical (unpaired) electrons. The maximum absolute atomic E-state index is 10.7. The van der Waals surface area contributed by atoms with Gasteiger partial charge in [-0.15, -0.1) is 0 Å². The lowest BCUT2D eigenvalue weighted by Gasteiger charge is -2.07. The van der Waals surface area contributed by atoms with Gasteiger partial charge in [-0.25, -0.2) is 0 Å². The summed E-state index contributed by atoms with van der Waals surface area (Å²) in [6, 6.07) is -0.926. The molecule has 4 nitrogen and oxygen atoms in total. The molecule has 0 aliphatic heterocycles. The van der Waals surface area contributed by atoms with Crippen molar-refractivity contribution in [1.29, 1.82) is 0 Å². The molecule has 4 N–H and O–H groups in total. The van der Waals surface area contributed by atoms with Crippen LogP contribution in [0.3, 0.4) is 0 Å². The van der Waals surface area contributed by atoms with Crippen LogP contribution >= 0.6 is 0 Å². The standard InChI is InChI=1S/C9H14N2O2/c1-4-5(2)11-6(3)7(4)8(10)9(12)13/h8,11H,10H2,1-3H3,(H,12,13). The van der Waals surface area contributed by atoms with Gasteiger partial charge in [-0.2, -0.15) is 0 Å². The summed E-state index contributed by atoms with van der Waals surface area (Å²) >= 11 is 0. The van der Waals surface area contributed by atoms with Crippen LogP contribution in [0.2, 0.25) is 0 Å². The van der Waals surface area contributed by atoms with Crippen molar-refractivity contribution in [1.82, 2.24) is 4.98 Å². The highest BCUT2D eigenvalue weighted by Crippen LogP contribution is 2.22. The highest BCUT2D eigenvalue weighted by molar-refractivity contribution is 5.76. The number of hydrogen-bond acceptors (Lipinski definition) is 2. The number of aromatic amines is 1. The van der Waals surface area contributed by atoms with E-state index in [-0.39, 0.29) is 0 Å². The van der Waals surface area contributed by atoms with Crippen LogP contribution in [0.25, 0.3) is 0 Å². The SMILES string of the molecule is Cc1[nH]c(C)c(C(N)C(=O)O)c1C. The molecule has 0 spiro atoms. The van der Waals surface area contributed by atoms with Gasteiger partial charge in [0, 0.05) is 17.0 Å². The monoisotopic (exact) mass is 182 g/mol. The number of aryl methyl sites for hydroxylation is 2. The van der Waals surface area contributed by atoms with Crippen molar-refractivity contribution in [2.45, 2.75) is 26.8 Å². The summed E-state index contributed by atoms with van der Waals surface area (Å²) in [5.41, 5.74) is 8.98. The molecular weight excluding hydrogens is 168 g/mol. The minimum atomic E-state index is -0.995. The van der Waals surface area contributed by atoms with Crippen molar-refractivity contribution >= 4 is 5.97 Å². The summed E-state index contributed by atoms with van der Waals surface area (Å²) in [6.07, 6.45) is 0. The molecule has 13 heavy (non-hydrogen) atoms. The van der Waals surface area contributed by atoms with E-state index in [1.54, 1.807) is 0 Å². The smallest absolute Gasteiger partial charge is 0.325 e. The van der Waals surface area contributed by atoms with Crippen molar-refractivity contribution in [3.63, 3.8) is 0 Å². The first-order chi connectivity index (χ1) is 5.95. The van der Waals surface area contributed by atoms with Crippen molar-refractivity contribution in [2.24, 2.45) is 5.73 Å². The number of H-pyrrole nitrogens is 1. The Hall–Kier alpha value is -1.29. The number of nitrogens with two attached hydrogens (primary N) is 1. The molecule has 0 aromatic carbocycles. The number of rotatable bonds is 2. The minimum absolute atomic E-state index is 0.699. The molecule has 0 aliphatic rings. The predicted octanol–water partition coefficient (Wildman–Crippen LogP) is 1.02. The third kappa shape index (κ3) is 1.58. The highest BCUT2D eigenvalue weighted by Gasteiger charge is 2.21. The van der Waals surface area contributed by atoms with Crippen LogP contribution in [0.5, 0.6) is 0 Å². The van der Waals surface area contributed by atoms with Crippen LogP contribution < -0.4 is 5.73 Å². The van der Waals surface area contributed by atoms with Crippen molar-refractivity contribution in [3.8, 4) is 0 Å². The predicted molar refractivity (Wildman–Crippen MR) is 49.6 cm³/mol. The molecule has 0 aliphatic carbocycles. The Kier molecular flexibility index (Phi) is 2.43. The second-order valence-electron chi connectivity index (χ2n) is 3.23. The van der Waals surface area contributed by atoms with E-state index in [1.807, 2.05) is 20.8 Å². The van der Waals surface area contributed by atoms with Gasteiger partial charge < -0.3 is 15.8 Å². The number of carboxylic acid groups (broad SMARTS) is 1. The van der Waals surface area contributed by atoms with E-state index in [4.69, 9.17) is 10.8 Å². The van der Waals surface area contributed by atoms with E-state index in [9.17, 15) is 4.79 Å². The third-order valence-corrected chi connectivity index (χ3v) is 2.32. The summed E-state index contributed by atoms with van der Waals surface area (Å²) in [7, 11) is 0. The lowest BCUT2D eigenvalue weighted by Crippen LogP contribution is -2.21.